The molecule has 0 aliphatic carbocycles. The van der Waals surface area contributed by atoms with Crippen molar-refractivity contribution in [3.8, 4) is 5.69 Å². The summed E-state index contributed by atoms with van der Waals surface area (Å²) < 4.78 is 2.06. The molecule has 0 saturated carbocycles. The van der Waals surface area contributed by atoms with Crippen LogP contribution in [0.25, 0.3) is 16.6 Å². The van der Waals surface area contributed by atoms with Crippen molar-refractivity contribution in [2.45, 2.75) is 19.9 Å². The minimum absolute atomic E-state index is 0.250. The van der Waals surface area contributed by atoms with Crippen LogP contribution < -0.4 is 10.2 Å². The van der Waals surface area contributed by atoms with Gasteiger partial charge in [-0.1, -0.05) is 18.2 Å². The lowest BCUT2D eigenvalue weighted by molar-refractivity contribution is -0.122. The van der Waals surface area contributed by atoms with Crippen LogP contribution >= 0.6 is 0 Å². The molecule has 1 saturated heterocycles. The molecule has 2 N–H and O–H groups in total. The van der Waals surface area contributed by atoms with Crippen molar-refractivity contribution in [2.24, 2.45) is 0 Å². The Kier molecular flexibility index (Phi) is 5.53. The van der Waals surface area contributed by atoms with Crippen LogP contribution in [-0.4, -0.2) is 47.0 Å². The highest BCUT2D eigenvalue weighted by Crippen LogP contribution is 2.27. The monoisotopic (exact) mass is 352 g/mol. The third kappa shape index (κ3) is 3.70. The number of nitrogens with one attached hydrogen (secondary N) is 1. The molecule has 1 unspecified atom stereocenters. The molecule has 0 radical (unpaired) electrons. The highest BCUT2D eigenvalue weighted by Gasteiger charge is 2.17. The Morgan fingerprint density at radius 2 is 1.92 bits per heavy atom. The van der Waals surface area contributed by atoms with Crippen LogP contribution in [0.3, 0.4) is 0 Å². The maximum atomic E-state index is 8.36. The predicted octanol–water partition coefficient (Wildman–Crippen LogP) is 2.83. The van der Waals surface area contributed by atoms with Gasteiger partial charge in [0, 0.05) is 36.7 Å². The number of aromatic nitrogens is 2. The third-order valence-electron chi connectivity index (χ3n) is 4.58. The number of anilines is 1. The van der Waals surface area contributed by atoms with E-state index in [0.29, 0.717) is 6.04 Å². The fourth-order valence-electron chi connectivity index (χ4n) is 3.39. The molecule has 1 aliphatic heterocycles. The molecule has 1 aromatic heterocycles. The topological polar surface area (TPSA) is 70.4 Å². The van der Waals surface area contributed by atoms with Gasteiger partial charge >= 0.3 is 0 Å². The van der Waals surface area contributed by atoms with Crippen LogP contribution in [-0.2, 0) is 4.79 Å². The van der Waals surface area contributed by atoms with E-state index < -0.39 is 0 Å². The smallest absolute Gasteiger partial charge is 0.290 e. The molecule has 1 aliphatic rings. The third-order valence-corrected chi connectivity index (χ3v) is 4.58. The molecule has 6 nitrogen and oxygen atoms in total. The Balaban J connectivity index is 0.000000613. The van der Waals surface area contributed by atoms with Crippen molar-refractivity contribution in [3.63, 3.8) is 0 Å². The average molecular weight is 352 g/mol. The zero-order valence-corrected chi connectivity index (χ0v) is 15.1. The minimum Gasteiger partial charge on any atom is -0.483 e. The predicted molar refractivity (Wildman–Crippen MR) is 104 cm³/mol. The first-order chi connectivity index (χ1) is 12.6. The molecule has 1 fully saturated rings. The lowest BCUT2D eigenvalue weighted by Crippen LogP contribution is -2.49. The number of aryl methyl sites for hydroxylation is 1. The highest BCUT2D eigenvalue weighted by molar-refractivity contribution is 5.86. The average Bonchev–Trinajstić information content (AvgIpc) is 2.99. The first-order valence-corrected chi connectivity index (χ1v) is 8.75. The summed E-state index contributed by atoms with van der Waals surface area (Å²) in [7, 11) is 0. The summed E-state index contributed by atoms with van der Waals surface area (Å²) in [5, 5.41) is 16.4. The number of para-hydroxylation sites is 1. The lowest BCUT2D eigenvalue weighted by atomic mass is 10.1. The van der Waals surface area contributed by atoms with E-state index in [9.17, 15) is 0 Å². The van der Waals surface area contributed by atoms with Crippen LogP contribution in [0.4, 0.5) is 5.69 Å². The second-order valence-corrected chi connectivity index (χ2v) is 6.44. The molecule has 136 valence electrons. The van der Waals surface area contributed by atoms with Crippen LogP contribution in [0, 0.1) is 6.92 Å². The fourth-order valence-corrected chi connectivity index (χ4v) is 3.39. The van der Waals surface area contributed by atoms with Crippen LogP contribution in [0.1, 0.15) is 12.6 Å². The van der Waals surface area contributed by atoms with Gasteiger partial charge in [-0.15, -0.1) is 0 Å². The lowest BCUT2D eigenvalue weighted by Gasteiger charge is -2.33. The van der Waals surface area contributed by atoms with Gasteiger partial charge in [-0.25, -0.2) is 4.68 Å². The van der Waals surface area contributed by atoms with Crippen LogP contribution in [0.15, 0.2) is 48.5 Å². The number of carbonyl (C=O) groups is 1. The quantitative estimate of drug-likeness (QED) is 0.694. The molecule has 0 amide bonds. The molecule has 3 aromatic rings. The maximum Gasteiger partial charge on any atom is 0.290 e. The number of hydrogen-bond acceptors (Lipinski definition) is 4. The maximum absolute atomic E-state index is 8.36. The zero-order chi connectivity index (χ0) is 18.5. The Morgan fingerprint density at radius 3 is 2.62 bits per heavy atom. The molecule has 0 bridgehead atoms. The molecule has 2 aromatic carbocycles. The number of hydrogen-bond donors (Lipinski definition) is 2. The second-order valence-electron chi connectivity index (χ2n) is 6.44. The first-order valence-electron chi connectivity index (χ1n) is 8.75. The number of fused-ring (bicyclic) bond motifs is 1. The first kappa shape index (κ1) is 17.9. The van der Waals surface area contributed by atoms with Gasteiger partial charge in [-0.2, -0.15) is 5.10 Å². The summed E-state index contributed by atoms with van der Waals surface area (Å²) in [5.41, 5.74) is 4.64. The van der Waals surface area contributed by atoms with Gasteiger partial charge < -0.3 is 15.3 Å². The van der Waals surface area contributed by atoms with E-state index in [4.69, 9.17) is 15.0 Å². The van der Waals surface area contributed by atoms with E-state index in [2.05, 4.69) is 71.2 Å². The Labute approximate surface area is 153 Å². The summed E-state index contributed by atoms with van der Waals surface area (Å²) in [4.78, 5) is 10.8. The number of carboxylic acid groups (broad SMARTS) is 1. The van der Waals surface area contributed by atoms with Crippen molar-refractivity contribution in [2.75, 3.05) is 24.5 Å². The van der Waals surface area contributed by atoms with Gasteiger partial charge in [0.25, 0.3) is 6.47 Å². The SMILES string of the molecule is Cc1nn(-c2ccccc2)c2cc(N3CCNC(C)C3)ccc12.O=CO. The van der Waals surface area contributed by atoms with Crippen molar-refractivity contribution >= 4 is 23.1 Å². The molecule has 6 heteroatoms. The van der Waals surface area contributed by atoms with E-state index in [1.54, 1.807) is 0 Å². The Hall–Kier alpha value is -2.86. The van der Waals surface area contributed by atoms with Gasteiger partial charge in [0.1, 0.15) is 0 Å². The number of benzene rings is 2. The molecular weight excluding hydrogens is 328 g/mol. The Bertz CT molecular complexity index is 876. The molecule has 0 spiro atoms. The molecular formula is C20H24N4O2. The van der Waals surface area contributed by atoms with E-state index in [-0.39, 0.29) is 6.47 Å². The molecule has 4 rings (SSSR count). The minimum atomic E-state index is -0.250. The number of piperazine rings is 1. The standard InChI is InChI=1S/C19H22N4.CH2O2/c1-14-13-22(11-10-20-14)17-8-9-18-15(2)21-23(19(18)12-17)16-6-4-3-5-7-16;2-1-3/h3-9,12,14,20H,10-11,13H2,1-2H3;1H,(H,2,3). The van der Waals surface area contributed by atoms with Gasteiger partial charge in [0.15, 0.2) is 0 Å². The summed E-state index contributed by atoms with van der Waals surface area (Å²) in [6, 6.07) is 17.6. The number of rotatable bonds is 2. The normalized spacial score (nSPS) is 16.8. The van der Waals surface area contributed by atoms with Crippen LogP contribution in [0.2, 0.25) is 0 Å². The molecule has 2 heterocycles. The largest absolute Gasteiger partial charge is 0.483 e. The second kappa shape index (κ2) is 8.01. The highest BCUT2D eigenvalue weighted by atomic mass is 16.3. The molecule has 1 atom stereocenters. The van der Waals surface area contributed by atoms with Crippen molar-refractivity contribution in [1.29, 1.82) is 0 Å². The van der Waals surface area contributed by atoms with Crippen molar-refractivity contribution in [3.05, 3.63) is 54.2 Å². The Morgan fingerprint density at radius 1 is 1.19 bits per heavy atom. The van der Waals surface area contributed by atoms with Gasteiger partial charge in [0.2, 0.25) is 0 Å². The van der Waals surface area contributed by atoms with Crippen LogP contribution in [0.5, 0.6) is 0 Å². The zero-order valence-electron chi connectivity index (χ0n) is 15.1. The van der Waals surface area contributed by atoms with E-state index in [0.717, 1.165) is 31.0 Å². The summed E-state index contributed by atoms with van der Waals surface area (Å²) in [6.45, 7) is 7.20. The van der Waals surface area contributed by atoms with Gasteiger partial charge in [-0.3, -0.25) is 4.79 Å². The van der Waals surface area contributed by atoms with Crippen molar-refractivity contribution in [1.82, 2.24) is 15.1 Å². The van der Waals surface area contributed by atoms with Gasteiger partial charge in [0.05, 0.1) is 16.9 Å². The van der Waals surface area contributed by atoms with E-state index in [1.165, 1.54) is 16.6 Å². The summed E-state index contributed by atoms with van der Waals surface area (Å²) >= 11 is 0. The van der Waals surface area contributed by atoms with Crippen molar-refractivity contribution < 1.29 is 9.90 Å². The summed E-state index contributed by atoms with van der Waals surface area (Å²) in [6.07, 6.45) is 0. The number of nitrogens with zero attached hydrogens (tertiary/aromatic N) is 3. The fraction of sp³-hybridized carbons (Fsp3) is 0.300. The van der Waals surface area contributed by atoms with E-state index in [1.807, 2.05) is 6.07 Å². The van der Waals surface area contributed by atoms with E-state index >= 15 is 0 Å². The molecule has 26 heavy (non-hydrogen) atoms. The van der Waals surface area contributed by atoms with Gasteiger partial charge in [-0.05, 0) is 44.2 Å². The summed E-state index contributed by atoms with van der Waals surface area (Å²) in [5.74, 6) is 0.